The van der Waals surface area contributed by atoms with Gasteiger partial charge in [0.2, 0.25) is 5.95 Å². The molecule has 5 N–H and O–H groups in total. The topological polar surface area (TPSA) is 87.9 Å². The van der Waals surface area contributed by atoms with E-state index in [2.05, 4.69) is 58.2 Å². The van der Waals surface area contributed by atoms with Crippen molar-refractivity contribution < 1.29 is 0 Å². The second-order valence-electron chi connectivity index (χ2n) is 6.92. The van der Waals surface area contributed by atoms with Crippen LogP contribution in [0.5, 0.6) is 0 Å². The molecule has 1 fully saturated rings. The van der Waals surface area contributed by atoms with E-state index in [9.17, 15) is 0 Å². The third kappa shape index (κ3) is 3.44. The zero-order chi connectivity index (χ0) is 17.4. The average Bonchev–Trinajstić information content (AvgIpc) is 3.33. The van der Waals surface area contributed by atoms with Crippen LogP contribution in [0.1, 0.15) is 24.0 Å². The number of rotatable bonds is 5. The van der Waals surface area contributed by atoms with Crippen molar-refractivity contribution in [1.82, 2.24) is 20.8 Å². The van der Waals surface area contributed by atoms with Crippen molar-refractivity contribution in [2.75, 3.05) is 17.6 Å². The molecule has 130 valence electrons. The molecule has 2 aromatic rings. The third-order valence-electron chi connectivity index (χ3n) is 4.99. The molecule has 1 saturated carbocycles. The van der Waals surface area contributed by atoms with Crippen LogP contribution in [-0.2, 0) is 0 Å². The predicted molar refractivity (Wildman–Crippen MR) is 101 cm³/mol. The molecule has 2 heterocycles. The van der Waals surface area contributed by atoms with Gasteiger partial charge in [-0.15, -0.1) is 0 Å². The second kappa shape index (κ2) is 6.37. The molecule has 1 aliphatic carbocycles. The minimum atomic E-state index is 0.281. The summed E-state index contributed by atoms with van der Waals surface area (Å²) in [6.45, 7) is 4.88. The van der Waals surface area contributed by atoms with Crippen molar-refractivity contribution in [3.8, 4) is 11.3 Å². The molecule has 6 heteroatoms. The summed E-state index contributed by atoms with van der Waals surface area (Å²) in [6, 6.07) is 8.63. The highest BCUT2D eigenvalue weighted by Gasteiger charge is 2.32. The lowest BCUT2D eigenvalue weighted by molar-refractivity contribution is 0.528. The minimum Gasteiger partial charge on any atom is -0.368 e. The summed E-state index contributed by atoms with van der Waals surface area (Å²) in [5, 5.41) is 3.35. The summed E-state index contributed by atoms with van der Waals surface area (Å²) in [6.07, 6.45) is 4.90. The van der Waals surface area contributed by atoms with Crippen molar-refractivity contribution in [3.63, 3.8) is 0 Å². The predicted octanol–water partition coefficient (Wildman–Crippen LogP) is 2.52. The number of anilines is 2. The van der Waals surface area contributed by atoms with Crippen molar-refractivity contribution in [2.24, 2.45) is 5.92 Å². The number of hydrogen-bond donors (Lipinski definition) is 4. The lowest BCUT2D eigenvalue weighted by Crippen LogP contribution is -2.34. The Kier molecular flexibility index (Phi) is 4.05. The van der Waals surface area contributed by atoms with Crippen molar-refractivity contribution in [3.05, 3.63) is 47.2 Å². The number of nitrogens with two attached hydrogens (primary N) is 1. The molecular weight excluding hydrogens is 312 g/mol. The van der Waals surface area contributed by atoms with E-state index in [0.29, 0.717) is 12.6 Å². The van der Waals surface area contributed by atoms with Crippen molar-refractivity contribution >= 4 is 11.8 Å². The molecule has 25 heavy (non-hydrogen) atoms. The molecule has 0 bridgehead atoms. The van der Waals surface area contributed by atoms with Crippen molar-refractivity contribution in [2.45, 2.75) is 32.7 Å². The first-order chi connectivity index (χ1) is 12.1. The molecule has 2 aliphatic rings. The van der Waals surface area contributed by atoms with E-state index >= 15 is 0 Å². The summed E-state index contributed by atoms with van der Waals surface area (Å²) in [5.41, 5.74) is 18.0. The fourth-order valence-corrected chi connectivity index (χ4v) is 3.20. The fraction of sp³-hybridized carbons (Fsp3) is 0.368. The summed E-state index contributed by atoms with van der Waals surface area (Å²) in [5.74, 6) is 1.81. The molecule has 1 aromatic heterocycles. The number of benzene rings is 1. The Bertz CT molecular complexity index is 825. The number of nitrogens with one attached hydrogen (secondary N) is 3. The minimum absolute atomic E-state index is 0.281. The van der Waals surface area contributed by atoms with Gasteiger partial charge in [-0.2, -0.15) is 4.98 Å². The van der Waals surface area contributed by atoms with Gasteiger partial charge in [0.1, 0.15) is 5.82 Å². The summed E-state index contributed by atoms with van der Waals surface area (Å²) in [7, 11) is 0. The van der Waals surface area contributed by atoms with Crippen LogP contribution >= 0.6 is 0 Å². The van der Waals surface area contributed by atoms with Gasteiger partial charge in [0, 0.05) is 23.4 Å². The van der Waals surface area contributed by atoms with Gasteiger partial charge in [0.15, 0.2) is 0 Å². The van der Waals surface area contributed by atoms with Crippen LogP contribution in [-0.4, -0.2) is 22.6 Å². The highest BCUT2D eigenvalue weighted by Crippen LogP contribution is 2.34. The Morgan fingerprint density at radius 2 is 2.08 bits per heavy atom. The lowest BCUT2D eigenvalue weighted by atomic mass is 10.0. The van der Waals surface area contributed by atoms with E-state index in [1.165, 1.54) is 24.0 Å². The molecule has 1 unspecified atom stereocenters. The molecule has 0 amide bonds. The molecule has 6 nitrogen and oxygen atoms in total. The van der Waals surface area contributed by atoms with Crippen LogP contribution in [0.4, 0.5) is 11.8 Å². The van der Waals surface area contributed by atoms with E-state index in [0.717, 1.165) is 28.7 Å². The molecule has 1 atom stereocenters. The van der Waals surface area contributed by atoms with Crippen molar-refractivity contribution in [1.29, 1.82) is 0 Å². The number of nitrogens with zero attached hydrogens (tertiary/aromatic N) is 2. The summed E-state index contributed by atoms with van der Waals surface area (Å²) in [4.78, 5) is 8.73. The van der Waals surface area contributed by atoms with Gasteiger partial charge < -0.3 is 16.5 Å². The molecule has 4 rings (SSSR count). The van der Waals surface area contributed by atoms with Gasteiger partial charge in [-0.05, 0) is 49.8 Å². The number of hydrogen-bond acceptors (Lipinski definition) is 6. The van der Waals surface area contributed by atoms with E-state index < -0.39 is 0 Å². The maximum atomic E-state index is 5.93. The van der Waals surface area contributed by atoms with Gasteiger partial charge in [-0.3, -0.25) is 0 Å². The number of aryl methyl sites for hydroxylation is 1. The van der Waals surface area contributed by atoms with Gasteiger partial charge in [0.25, 0.3) is 0 Å². The third-order valence-corrected chi connectivity index (χ3v) is 4.99. The Hall–Kier alpha value is -2.60. The van der Waals surface area contributed by atoms with E-state index in [1.807, 2.05) is 12.1 Å². The van der Waals surface area contributed by atoms with E-state index in [4.69, 9.17) is 5.73 Å². The monoisotopic (exact) mass is 336 g/mol. The zero-order valence-electron chi connectivity index (χ0n) is 14.6. The zero-order valence-corrected chi connectivity index (χ0v) is 14.6. The highest BCUT2D eigenvalue weighted by atomic mass is 15.4. The second-order valence-corrected chi connectivity index (χ2v) is 6.92. The molecule has 1 aromatic carbocycles. The van der Waals surface area contributed by atoms with Crippen LogP contribution < -0.4 is 21.9 Å². The molecule has 0 saturated heterocycles. The normalized spacial score (nSPS) is 19.4. The standard InChI is InChI=1S/C19H24N6/c1-11-4-3-5-15(12(11)2)17-9-18(23-19(20)22-17)21-10-14-8-16(25-24-14)13-6-7-13/h3-5,8-9,13,16,24-25H,6-7,10H2,1-2H3,(H3,20,21,22,23). The lowest BCUT2D eigenvalue weighted by Gasteiger charge is -2.12. The Morgan fingerprint density at radius 3 is 2.88 bits per heavy atom. The molecular formula is C19H24N6. The number of aromatic nitrogens is 2. The van der Waals surface area contributed by atoms with Gasteiger partial charge in [-0.25, -0.2) is 10.4 Å². The SMILES string of the molecule is Cc1cccc(-c2cc(NCC3=CC(C4CC4)NN3)nc(N)n2)c1C. The smallest absolute Gasteiger partial charge is 0.222 e. The molecule has 0 radical (unpaired) electrons. The summed E-state index contributed by atoms with van der Waals surface area (Å²) >= 11 is 0. The first-order valence-electron chi connectivity index (χ1n) is 8.77. The van der Waals surface area contributed by atoms with Crippen LogP contribution in [0.15, 0.2) is 36.0 Å². The highest BCUT2D eigenvalue weighted by molar-refractivity contribution is 5.68. The quantitative estimate of drug-likeness (QED) is 0.671. The van der Waals surface area contributed by atoms with Gasteiger partial charge in [0.05, 0.1) is 12.2 Å². The van der Waals surface area contributed by atoms with Gasteiger partial charge >= 0.3 is 0 Å². The fourth-order valence-electron chi connectivity index (χ4n) is 3.20. The van der Waals surface area contributed by atoms with E-state index in [1.54, 1.807) is 0 Å². The summed E-state index contributed by atoms with van der Waals surface area (Å²) < 4.78 is 0. The molecule has 0 spiro atoms. The largest absolute Gasteiger partial charge is 0.368 e. The van der Waals surface area contributed by atoms with Crippen LogP contribution in [0.2, 0.25) is 0 Å². The maximum Gasteiger partial charge on any atom is 0.222 e. The number of nitrogen functional groups attached to an aromatic ring is 1. The van der Waals surface area contributed by atoms with Gasteiger partial charge in [-0.1, -0.05) is 18.2 Å². The maximum absolute atomic E-state index is 5.93. The Labute approximate surface area is 147 Å². The Morgan fingerprint density at radius 1 is 1.24 bits per heavy atom. The molecule has 1 aliphatic heterocycles. The van der Waals surface area contributed by atoms with Crippen LogP contribution in [0.25, 0.3) is 11.3 Å². The first kappa shape index (κ1) is 15.9. The van der Waals surface area contributed by atoms with Crippen LogP contribution in [0, 0.1) is 19.8 Å². The number of hydrazine groups is 1. The average molecular weight is 336 g/mol. The Balaban J connectivity index is 1.52. The first-order valence-corrected chi connectivity index (χ1v) is 8.77. The van der Waals surface area contributed by atoms with Crippen LogP contribution in [0.3, 0.4) is 0 Å². The van der Waals surface area contributed by atoms with E-state index in [-0.39, 0.29) is 5.95 Å².